The molecule has 0 fully saturated rings. The van der Waals surface area contributed by atoms with Crippen LogP contribution in [0.5, 0.6) is 5.75 Å². The summed E-state index contributed by atoms with van der Waals surface area (Å²) in [6.45, 7) is 0. The van der Waals surface area contributed by atoms with E-state index in [1.54, 1.807) is 6.07 Å². The van der Waals surface area contributed by atoms with Gasteiger partial charge in [-0.1, -0.05) is 32.1 Å². The second kappa shape index (κ2) is 9.82. The molecule has 0 atom stereocenters. The summed E-state index contributed by atoms with van der Waals surface area (Å²) in [4.78, 5) is 22.3. The molecule has 4 N–H and O–H groups in total. The number of carboxylic acid groups (broad SMARTS) is 1. The average Bonchev–Trinajstić information content (AvgIpc) is 2.47. The third-order valence-corrected chi connectivity index (χ3v) is 3.62. The second-order valence-corrected chi connectivity index (χ2v) is 5.57. The van der Waals surface area contributed by atoms with E-state index >= 15 is 0 Å². The van der Waals surface area contributed by atoms with E-state index in [-0.39, 0.29) is 18.0 Å². The topological polar surface area (TPSA) is 101 Å². The lowest BCUT2D eigenvalue weighted by Crippen LogP contribution is -2.00. The van der Waals surface area contributed by atoms with Gasteiger partial charge in [0.1, 0.15) is 5.75 Å². The number of hydrogen-bond donors (Lipinski definition) is 3. The van der Waals surface area contributed by atoms with Gasteiger partial charge in [0.05, 0.1) is 5.56 Å². The molecular weight excluding hydrogens is 282 g/mol. The third kappa shape index (κ3) is 7.11. The Hall–Kier alpha value is -2.04. The van der Waals surface area contributed by atoms with Crippen LogP contribution in [0.2, 0.25) is 0 Å². The Morgan fingerprint density at radius 3 is 2.05 bits per heavy atom. The molecular formula is C17H25NO4. The maximum absolute atomic E-state index is 12.0. The van der Waals surface area contributed by atoms with Crippen LogP contribution in [0.25, 0.3) is 0 Å². The fourth-order valence-electron chi connectivity index (χ4n) is 2.36. The van der Waals surface area contributed by atoms with E-state index in [0.717, 1.165) is 44.9 Å². The molecule has 0 aromatic heterocycles. The van der Waals surface area contributed by atoms with Gasteiger partial charge in [0.25, 0.3) is 0 Å². The first kappa shape index (κ1) is 18.0. The van der Waals surface area contributed by atoms with Crippen LogP contribution in [-0.2, 0) is 4.79 Å². The largest absolute Gasteiger partial charge is 0.507 e. The fourth-order valence-corrected chi connectivity index (χ4v) is 2.36. The Bertz CT molecular complexity index is 499. The Morgan fingerprint density at radius 2 is 1.45 bits per heavy atom. The predicted octanol–water partition coefficient (Wildman–Crippen LogP) is 3.75. The number of unbranched alkanes of at least 4 members (excludes halogenated alkanes) is 6. The number of carbonyl (C=O) groups excluding carboxylic acids is 1. The normalized spacial score (nSPS) is 10.5. The van der Waals surface area contributed by atoms with Gasteiger partial charge < -0.3 is 15.9 Å². The van der Waals surface area contributed by atoms with Crippen LogP contribution in [0.15, 0.2) is 18.2 Å². The van der Waals surface area contributed by atoms with Crippen molar-refractivity contribution in [3.05, 3.63) is 23.8 Å². The molecule has 0 bridgehead atoms. The van der Waals surface area contributed by atoms with Gasteiger partial charge >= 0.3 is 5.97 Å². The molecule has 0 aliphatic rings. The minimum atomic E-state index is -0.733. The van der Waals surface area contributed by atoms with Gasteiger partial charge in [0, 0.05) is 18.5 Å². The lowest BCUT2D eigenvalue weighted by molar-refractivity contribution is -0.137. The van der Waals surface area contributed by atoms with E-state index in [2.05, 4.69) is 0 Å². The highest BCUT2D eigenvalue weighted by Crippen LogP contribution is 2.22. The van der Waals surface area contributed by atoms with Gasteiger partial charge in [0.2, 0.25) is 0 Å². The summed E-state index contributed by atoms with van der Waals surface area (Å²) in [6, 6.07) is 4.52. The number of benzene rings is 1. The van der Waals surface area contributed by atoms with Crippen molar-refractivity contribution in [2.75, 3.05) is 5.73 Å². The minimum Gasteiger partial charge on any atom is -0.507 e. The Balaban J connectivity index is 2.10. The number of hydrogen-bond acceptors (Lipinski definition) is 4. The molecule has 1 aromatic rings. The van der Waals surface area contributed by atoms with Crippen molar-refractivity contribution >= 4 is 17.4 Å². The van der Waals surface area contributed by atoms with Gasteiger partial charge in [-0.3, -0.25) is 9.59 Å². The smallest absolute Gasteiger partial charge is 0.303 e. The van der Waals surface area contributed by atoms with Gasteiger partial charge in [0.15, 0.2) is 5.78 Å². The van der Waals surface area contributed by atoms with E-state index in [1.165, 1.54) is 12.1 Å². The van der Waals surface area contributed by atoms with Gasteiger partial charge in [-0.2, -0.15) is 0 Å². The summed E-state index contributed by atoms with van der Waals surface area (Å²) in [5.41, 5.74) is 6.39. The summed E-state index contributed by atoms with van der Waals surface area (Å²) >= 11 is 0. The number of Topliss-reactive ketones (excluding diaryl/α,β-unsaturated/α-hetero) is 1. The minimum absolute atomic E-state index is 0.0161. The van der Waals surface area contributed by atoms with Crippen LogP contribution >= 0.6 is 0 Å². The summed E-state index contributed by atoms with van der Waals surface area (Å²) in [5.74, 6) is -0.827. The van der Waals surface area contributed by atoms with Crippen LogP contribution in [-0.4, -0.2) is 22.0 Å². The van der Waals surface area contributed by atoms with E-state index in [9.17, 15) is 14.7 Å². The Morgan fingerprint density at radius 1 is 0.909 bits per heavy atom. The summed E-state index contributed by atoms with van der Waals surface area (Å²) in [6.07, 6.45) is 7.26. The number of aromatic hydroxyl groups is 1. The molecule has 0 saturated carbocycles. The number of phenols is 1. The van der Waals surface area contributed by atoms with Gasteiger partial charge in [-0.05, 0) is 31.0 Å². The molecule has 0 amide bonds. The van der Waals surface area contributed by atoms with Crippen LogP contribution in [0.1, 0.15) is 68.1 Å². The molecule has 1 rings (SSSR count). The highest BCUT2D eigenvalue weighted by atomic mass is 16.4. The lowest BCUT2D eigenvalue weighted by atomic mass is 10.0. The van der Waals surface area contributed by atoms with E-state index in [0.29, 0.717) is 17.7 Å². The van der Waals surface area contributed by atoms with E-state index in [1.807, 2.05) is 0 Å². The fraction of sp³-hybridized carbons (Fsp3) is 0.529. The molecule has 0 aliphatic heterocycles. The average molecular weight is 307 g/mol. The van der Waals surface area contributed by atoms with Crippen molar-refractivity contribution in [2.24, 2.45) is 0 Å². The maximum Gasteiger partial charge on any atom is 0.303 e. The van der Waals surface area contributed by atoms with Crippen molar-refractivity contribution in [3.63, 3.8) is 0 Å². The third-order valence-electron chi connectivity index (χ3n) is 3.62. The van der Waals surface area contributed by atoms with E-state index in [4.69, 9.17) is 10.8 Å². The summed E-state index contributed by atoms with van der Waals surface area (Å²) < 4.78 is 0. The van der Waals surface area contributed by atoms with Crippen molar-refractivity contribution in [3.8, 4) is 5.75 Å². The SMILES string of the molecule is Nc1ccc(O)c(C(=O)CCCCCCCCCC(=O)O)c1. The predicted molar refractivity (Wildman–Crippen MR) is 86.0 cm³/mol. The van der Waals surface area contributed by atoms with Crippen LogP contribution in [0, 0.1) is 0 Å². The first-order valence-corrected chi connectivity index (χ1v) is 7.84. The number of anilines is 1. The van der Waals surface area contributed by atoms with E-state index < -0.39 is 5.97 Å². The molecule has 0 aliphatic carbocycles. The zero-order valence-electron chi connectivity index (χ0n) is 12.9. The number of nitrogen functional groups attached to an aromatic ring is 1. The number of carbonyl (C=O) groups is 2. The Labute approximate surface area is 131 Å². The molecule has 5 heteroatoms. The number of nitrogens with two attached hydrogens (primary N) is 1. The maximum atomic E-state index is 12.0. The first-order chi connectivity index (χ1) is 10.5. The molecule has 0 radical (unpaired) electrons. The molecule has 22 heavy (non-hydrogen) atoms. The second-order valence-electron chi connectivity index (χ2n) is 5.57. The molecule has 0 unspecified atom stereocenters. The number of carboxylic acids is 1. The van der Waals surface area contributed by atoms with Crippen LogP contribution in [0.4, 0.5) is 5.69 Å². The Kier molecular flexibility index (Phi) is 8.04. The number of aliphatic carboxylic acids is 1. The lowest BCUT2D eigenvalue weighted by Gasteiger charge is -2.05. The van der Waals surface area contributed by atoms with Crippen molar-refractivity contribution in [1.29, 1.82) is 0 Å². The molecule has 0 heterocycles. The zero-order valence-corrected chi connectivity index (χ0v) is 12.9. The molecule has 1 aromatic carbocycles. The monoisotopic (exact) mass is 307 g/mol. The van der Waals surface area contributed by atoms with Gasteiger partial charge in [-0.25, -0.2) is 0 Å². The van der Waals surface area contributed by atoms with Crippen LogP contribution in [0.3, 0.4) is 0 Å². The molecule has 0 spiro atoms. The zero-order chi connectivity index (χ0) is 16.4. The number of rotatable bonds is 11. The molecule has 122 valence electrons. The highest BCUT2D eigenvalue weighted by molar-refractivity contribution is 5.99. The first-order valence-electron chi connectivity index (χ1n) is 7.84. The molecule has 5 nitrogen and oxygen atoms in total. The van der Waals surface area contributed by atoms with Crippen molar-refractivity contribution in [2.45, 2.75) is 57.8 Å². The summed E-state index contributed by atoms with van der Waals surface area (Å²) in [7, 11) is 0. The van der Waals surface area contributed by atoms with Crippen molar-refractivity contribution in [1.82, 2.24) is 0 Å². The number of phenolic OH excluding ortho intramolecular Hbond substituents is 1. The van der Waals surface area contributed by atoms with Gasteiger partial charge in [-0.15, -0.1) is 0 Å². The highest BCUT2D eigenvalue weighted by Gasteiger charge is 2.10. The molecule has 0 saturated heterocycles. The summed E-state index contributed by atoms with van der Waals surface area (Å²) in [5, 5.41) is 18.2. The quantitative estimate of drug-likeness (QED) is 0.250. The standard InChI is InChI=1S/C17H25NO4/c18-13-10-11-16(20)14(12-13)15(19)8-6-4-2-1-3-5-7-9-17(21)22/h10-12,20H,1-9,18H2,(H,21,22). The number of ketones is 1. The van der Waals surface area contributed by atoms with Crippen molar-refractivity contribution < 1.29 is 19.8 Å². The van der Waals surface area contributed by atoms with Crippen LogP contribution < -0.4 is 5.73 Å².